The number of urea groups is 1. The van der Waals surface area contributed by atoms with Gasteiger partial charge in [-0.1, -0.05) is 53.6 Å². The minimum Gasteiger partial charge on any atom is -0.338 e. The molecule has 0 heterocycles. The zero-order valence-electron chi connectivity index (χ0n) is 13.7. The second-order valence-corrected chi connectivity index (χ2v) is 6.21. The molecule has 2 N–H and O–H groups in total. The number of carbonyl (C=O) groups excluding carboxylic acids is 1. The second kappa shape index (κ2) is 9.28. The summed E-state index contributed by atoms with van der Waals surface area (Å²) in [4.78, 5) is 11.7. The van der Waals surface area contributed by atoms with Gasteiger partial charge < -0.3 is 10.6 Å². The standard InChI is InChI=1S/C19H22ClFN2O/c1-14-4-2-5-15(10-14)11-17(13-23-19(24)22-9-8-21)16-6-3-7-18(20)12-16/h2-7,10,12,17H,8-9,11,13H2,1H3,(H2,22,23,24). The summed E-state index contributed by atoms with van der Waals surface area (Å²) in [5, 5.41) is 5.95. The van der Waals surface area contributed by atoms with E-state index >= 15 is 0 Å². The van der Waals surface area contributed by atoms with Gasteiger partial charge in [-0.15, -0.1) is 0 Å². The molecular weight excluding hydrogens is 327 g/mol. The third-order valence-corrected chi connectivity index (χ3v) is 4.01. The molecule has 1 atom stereocenters. The molecule has 0 aliphatic carbocycles. The lowest BCUT2D eigenvalue weighted by Gasteiger charge is -2.19. The first kappa shape index (κ1) is 18.3. The molecule has 0 radical (unpaired) electrons. The molecule has 0 saturated heterocycles. The van der Waals surface area contributed by atoms with Gasteiger partial charge >= 0.3 is 6.03 Å². The third-order valence-electron chi connectivity index (χ3n) is 3.77. The Bertz CT molecular complexity index is 678. The summed E-state index contributed by atoms with van der Waals surface area (Å²) in [6.45, 7) is 1.95. The van der Waals surface area contributed by atoms with Crippen molar-refractivity contribution in [1.29, 1.82) is 0 Å². The number of hydrogen-bond acceptors (Lipinski definition) is 1. The van der Waals surface area contributed by atoms with Gasteiger partial charge in [-0.2, -0.15) is 0 Å². The molecule has 5 heteroatoms. The fourth-order valence-corrected chi connectivity index (χ4v) is 2.83. The van der Waals surface area contributed by atoms with Crippen molar-refractivity contribution in [2.45, 2.75) is 19.3 Å². The monoisotopic (exact) mass is 348 g/mol. The lowest BCUT2D eigenvalue weighted by Crippen LogP contribution is -2.39. The van der Waals surface area contributed by atoms with Gasteiger partial charge in [-0.3, -0.25) is 0 Å². The first-order valence-corrected chi connectivity index (χ1v) is 8.35. The highest BCUT2D eigenvalue weighted by molar-refractivity contribution is 6.30. The summed E-state index contributed by atoms with van der Waals surface area (Å²) in [5.41, 5.74) is 3.46. The lowest BCUT2D eigenvalue weighted by atomic mass is 9.91. The first-order valence-electron chi connectivity index (χ1n) is 7.97. The van der Waals surface area contributed by atoms with Crippen LogP contribution in [0.4, 0.5) is 9.18 Å². The molecule has 0 aromatic heterocycles. The predicted octanol–water partition coefficient (Wildman–Crippen LogP) is 4.24. The normalized spacial score (nSPS) is 11.8. The first-order chi connectivity index (χ1) is 11.6. The number of rotatable bonds is 7. The van der Waals surface area contributed by atoms with Crippen molar-refractivity contribution in [1.82, 2.24) is 10.6 Å². The molecule has 0 spiro atoms. The van der Waals surface area contributed by atoms with Crippen LogP contribution in [0.3, 0.4) is 0 Å². The molecular formula is C19H22ClFN2O. The topological polar surface area (TPSA) is 41.1 Å². The zero-order valence-corrected chi connectivity index (χ0v) is 14.4. The minimum atomic E-state index is -0.575. The molecule has 24 heavy (non-hydrogen) atoms. The van der Waals surface area contributed by atoms with E-state index in [0.29, 0.717) is 11.6 Å². The second-order valence-electron chi connectivity index (χ2n) is 5.77. The Morgan fingerprint density at radius 2 is 1.96 bits per heavy atom. The van der Waals surface area contributed by atoms with Crippen LogP contribution in [0, 0.1) is 6.92 Å². The lowest BCUT2D eigenvalue weighted by molar-refractivity contribution is 0.239. The van der Waals surface area contributed by atoms with Crippen LogP contribution < -0.4 is 10.6 Å². The highest BCUT2D eigenvalue weighted by Gasteiger charge is 2.14. The van der Waals surface area contributed by atoms with E-state index in [1.165, 1.54) is 11.1 Å². The molecule has 0 fully saturated rings. The summed E-state index contributed by atoms with van der Waals surface area (Å²) in [6, 6.07) is 15.6. The van der Waals surface area contributed by atoms with Crippen LogP contribution >= 0.6 is 11.6 Å². The Morgan fingerprint density at radius 1 is 1.17 bits per heavy atom. The Hall–Kier alpha value is -2.07. The molecule has 2 rings (SSSR count). The van der Waals surface area contributed by atoms with E-state index in [1.54, 1.807) is 0 Å². The summed E-state index contributed by atoms with van der Waals surface area (Å²) in [6.07, 6.45) is 0.783. The quantitative estimate of drug-likeness (QED) is 0.772. The van der Waals surface area contributed by atoms with Gasteiger partial charge in [0.25, 0.3) is 0 Å². The van der Waals surface area contributed by atoms with Crippen LogP contribution in [0.15, 0.2) is 48.5 Å². The minimum absolute atomic E-state index is 0.0194. The molecule has 128 valence electrons. The summed E-state index contributed by atoms with van der Waals surface area (Å²) >= 11 is 6.11. The maximum atomic E-state index is 12.1. The average Bonchev–Trinajstić information content (AvgIpc) is 2.56. The zero-order chi connectivity index (χ0) is 17.4. The Morgan fingerprint density at radius 3 is 2.67 bits per heavy atom. The molecule has 0 saturated carbocycles. The summed E-state index contributed by atoms with van der Waals surface area (Å²) in [7, 11) is 0. The molecule has 0 aliphatic rings. The van der Waals surface area contributed by atoms with Crippen molar-refractivity contribution >= 4 is 17.6 Å². The van der Waals surface area contributed by atoms with Gasteiger partial charge in [0.1, 0.15) is 6.67 Å². The van der Waals surface area contributed by atoms with Gasteiger partial charge in [-0.25, -0.2) is 9.18 Å². The summed E-state index contributed by atoms with van der Waals surface area (Å²) in [5.74, 6) is 0.0848. The van der Waals surface area contributed by atoms with Crippen molar-refractivity contribution in [2.24, 2.45) is 0 Å². The number of nitrogens with one attached hydrogen (secondary N) is 2. The maximum absolute atomic E-state index is 12.1. The van der Waals surface area contributed by atoms with Crippen LogP contribution in [0.25, 0.3) is 0 Å². The van der Waals surface area contributed by atoms with E-state index in [2.05, 4.69) is 35.8 Å². The number of amides is 2. The van der Waals surface area contributed by atoms with Gasteiger partial charge in [0.15, 0.2) is 0 Å². The molecule has 0 aliphatic heterocycles. The van der Waals surface area contributed by atoms with E-state index in [-0.39, 0.29) is 18.5 Å². The number of halogens is 2. The molecule has 2 aromatic rings. The predicted molar refractivity (Wildman–Crippen MR) is 96.5 cm³/mol. The van der Waals surface area contributed by atoms with Crippen LogP contribution in [0.5, 0.6) is 0 Å². The molecule has 2 amide bonds. The van der Waals surface area contributed by atoms with E-state index in [1.807, 2.05) is 30.3 Å². The van der Waals surface area contributed by atoms with E-state index in [0.717, 1.165) is 12.0 Å². The highest BCUT2D eigenvalue weighted by atomic mass is 35.5. The maximum Gasteiger partial charge on any atom is 0.314 e. The average molecular weight is 349 g/mol. The number of carbonyl (C=O) groups is 1. The van der Waals surface area contributed by atoms with Gasteiger partial charge in [-0.05, 0) is 36.6 Å². The SMILES string of the molecule is Cc1cccc(CC(CNC(=O)NCCF)c2cccc(Cl)c2)c1. The number of aryl methyl sites for hydroxylation is 1. The van der Waals surface area contributed by atoms with E-state index in [4.69, 9.17) is 11.6 Å². The largest absolute Gasteiger partial charge is 0.338 e. The highest BCUT2D eigenvalue weighted by Crippen LogP contribution is 2.23. The van der Waals surface area contributed by atoms with Crippen molar-refractivity contribution in [3.8, 4) is 0 Å². The Labute approximate surface area is 147 Å². The van der Waals surface area contributed by atoms with Gasteiger partial charge in [0, 0.05) is 24.0 Å². The van der Waals surface area contributed by atoms with Crippen LogP contribution in [-0.4, -0.2) is 25.8 Å². The van der Waals surface area contributed by atoms with E-state index in [9.17, 15) is 9.18 Å². The number of hydrogen-bond donors (Lipinski definition) is 2. The number of alkyl halides is 1. The molecule has 2 aromatic carbocycles. The fourth-order valence-electron chi connectivity index (χ4n) is 2.63. The molecule has 0 bridgehead atoms. The smallest absolute Gasteiger partial charge is 0.314 e. The Kier molecular flexibility index (Phi) is 7.07. The Balaban J connectivity index is 2.10. The van der Waals surface area contributed by atoms with Crippen LogP contribution in [0.2, 0.25) is 5.02 Å². The van der Waals surface area contributed by atoms with Gasteiger partial charge in [0.2, 0.25) is 0 Å². The van der Waals surface area contributed by atoms with Crippen molar-refractivity contribution in [3.63, 3.8) is 0 Å². The molecule has 1 unspecified atom stereocenters. The van der Waals surface area contributed by atoms with Crippen LogP contribution in [0.1, 0.15) is 22.6 Å². The summed E-state index contributed by atoms with van der Waals surface area (Å²) < 4.78 is 12.1. The van der Waals surface area contributed by atoms with Crippen molar-refractivity contribution in [3.05, 3.63) is 70.2 Å². The van der Waals surface area contributed by atoms with Crippen molar-refractivity contribution in [2.75, 3.05) is 19.8 Å². The fraction of sp³-hybridized carbons (Fsp3) is 0.316. The van der Waals surface area contributed by atoms with Crippen molar-refractivity contribution < 1.29 is 9.18 Å². The van der Waals surface area contributed by atoms with Crippen LogP contribution in [-0.2, 0) is 6.42 Å². The van der Waals surface area contributed by atoms with E-state index < -0.39 is 6.67 Å². The number of benzene rings is 2. The molecule has 3 nitrogen and oxygen atoms in total. The van der Waals surface area contributed by atoms with Gasteiger partial charge in [0.05, 0.1) is 0 Å². The third kappa shape index (κ3) is 5.85.